The maximum absolute atomic E-state index is 13.1. The lowest BCUT2D eigenvalue weighted by atomic mass is 10.1. The molecule has 130 valence electrons. The molecule has 0 saturated heterocycles. The first-order valence-electron chi connectivity index (χ1n) is 6.88. The molecular formula is C15H10BrClFN3O3S. The highest BCUT2D eigenvalue weighted by atomic mass is 79.9. The number of anilines is 1. The molecule has 0 bridgehead atoms. The zero-order chi connectivity index (χ0) is 18.0. The summed E-state index contributed by atoms with van der Waals surface area (Å²) in [4.78, 5) is -0.290. The van der Waals surface area contributed by atoms with Crippen molar-refractivity contribution < 1.29 is 17.2 Å². The van der Waals surface area contributed by atoms with Crippen LogP contribution in [0.25, 0.3) is 0 Å². The Morgan fingerprint density at radius 2 is 2.00 bits per heavy atom. The fraction of sp³-hybridized carbons (Fsp3) is 0.0667. The van der Waals surface area contributed by atoms with Gasteiger partial charge in [-0.05, 0) is 35.9 Å². The lowest BCUT2D eigenvalue weighted by molar-refractivity contribution is 0.520. The van der Waals surface area contributed by atoms with Gasteiger partial charge in [-0.1, -0.05) is 44.8 Å². The number of halogens is 3. The van der Waals surface area contributed by atoms with Crippen LogP contribution in [-0.4, -0.2) is 18.6 Å². The first kappa shape index (κ1) is 17.8. The topological polar surface area (TPSA) is 85.1 Å². The third kappa shape index (κ3) is 4.36. The third-order valence-electron chi connectivity index (χ3n) is 3.12. The SMILES string of the molecule is O=S(=O)(Nc1nnc(Cc2cccc(Br)c2)o1)c1ccc(F)cc1Cl. The second-order valence-electron chi connectivity index (χ2n) is 4.99. The van der Waals surface area contributed by atoms with Gasteiger partial charge in [0.25, 0.3) is 10.0 Å². The minimum Gasteiger partial charge on any atom is -0.407 e. The van der Waals surface area contributed by atoms with Crippen LogP contribution in [0.15, 0.2) is 56.2 Å². The summed E-state index contributed by atoms with van der Waals surface area (Å²) in [6, 6.07) is 10.1. The van der Waals surface area contributed by atoms with Crippen molar-refractivity contribution in [3.63, 3.8) is 0 Å². The van der Waals surface area contributed by atoms with Gasteiger partial charge in [0.2, 0.25) is 5.89 Å². The molecule has 0 aliphatic rings. The maximum Gasteiger partial charge on any atom is 0.329 e. The molecule has 2 aromatic carbocycles. The number of benzene rings is 2. The Bertz CT molecular complexity index is 1030. The van der Waals surface area contributed by atoms with Crippen molar-refractivity contribution in [2.75, 3.05) is 4.72 Å². The van der Waals surface area contributed by atoms with Gasteiger partial charge in [0.15, 0.2) is 0 Å². The molecule has 0 fully saturated rings. The van der Waals surface area contributed by atoms with Crippen molar-refractivity contribution >= 4 is 43.6 Å². The van der Waals surface area contributed by atoms with Gasteiger partial charge in [-0.3, -0.25) is 0 Å². The van der Waals surface area contributed by atoms with Crippen molar-refractivity contribution in [2.45, 2.75) is 11.3 Å². The lowest BCUT2D eigenvalue weighted by Gasteiger charge is -2.05. The van der Waals surface area contributed by atoms with Crippen molar-refractivity contribution in [2.24, 2.45) is 0 Å². The van der Waals surface area contributed by atoms with Gasteiger partial charge in [0.05, 0.1) is 11.4 Å². The normalized spacial score (nSPS) is 11.5. The summed E-state index contributed by atoms with van der Waals surface area (Å²) in [5, 5.41) is 7.21. The Balaban J connectivity index is 1.78. The first-order chi connectivity index (χ1) is 11.8. The van der Waals surface area contributed by atoms with Crippen molar-refractivity contribution in [3.05, 3.63) is 69.2 Å². The minimum atomic E-state index is -4.08. The summed E-state index contributed by atoms with van der Waals surface area (Å²) in [7, 11) is -4.08. The number of nitrogens with zero attached hydrogens (tertiary/aromatic N) is 2. The van der Waals surface area contributed by atoms with E-state index in [2.05, 4.69) is 30.8 Å². The van der Waals surface area contributed by atoms with Crippen LogP contribution < -0.4 is 4.72 Å². The number of aromatic nitrogens is 2. The molecule has 6 nitrogen and oxygen atoms in total. The Kier molecular flexibility index (Phi) is 5.07. The fourth-order valence-electron chi connectivity index (χ4n) is 2.05. The predicted octanol–water partition coefficient (Wildman–Crippen LogP) is 4.02. The van der Waals surface area contributed by atoms with E-state index < -0.39 is 15.8 Å². The van der Waals surface area contributed by atoms with Gasteiger partial charge < -0.3 is 4.42 Å². The summed E-state index contributed by atoms with van der Waals surface area (Å²) in [6.45, 7) is 0. The first-order valence-corrected chi connectivity index (χ1v) is 9.53. The van der Waals surface area contributed by atoms with Gasteiger partial charge in [0, 0.05) is 4.47 Å². The highest BCUT2D eigenvalue weighted by molar-refractivity contribution is 9.10. The molecule has 3 rings (SSSR count). The van der Waals surface area contributed by atoms with E-state index in [1.807, 2.05) is 24.3 Å². The molecule has 0 radical (unpaired) electrons. The monoisotopic (exact) mass is 445 g/mol. The van der Waals surface area contributed by atoms with Gasteiger partial charge in [-0.25, -0.2) is 17.5 Å². The zero-order valence-corrected chi connectivity index (χ0v) is 15.6. The number of nitrogens with one attached hydrogen (secondary N) is 1. The van der Waals surface area contributed by atoms with Crippen LogP contribution in [0.3, 0.4) is 0 Å². The van der Waals surface area contributed by atoms with Crippen LogP contribution >= 0.6 is 27.5 Å². The number of sulfonamides is 1. The molecule has 0 unspecified atom stereocenters. The van der Waals surface area contributed by atoms with Crippen LogP contribution in [0.2, 0.25) is 5.02 Å². The zero-order valence-electron chi connectivity index (χ0n) is 12.4. The number of hydrogen-bond acceptors (Lipinski definition) is 5. The number of rotatable bonds is 5. The summed E-state index contributed by atoms with van der Waals surface area (Å²) < 4.78 is 46.0. The van der Waals surface area contributed by atoms with E-state index in [4.69, 9.17) is 16.0 Å². The molecule has 10 heteroatoms. The Morgan fingerprint density at radius 3 is 2.72 bits per heavy atom. The predicted molar refractivity (Wildman–Crippen MR) is 93.5 cm³/mol. The van der Waals surface area contributed by atoms with Gasteiger partial charge >= 0.3 is 6.01 Å². The Labute approximate surface area is 156 Å². The van der Waals surface area contributed by atoms with Gasteiger partial charge in [0.1, 0.15) is 10.7 Å². The van der Waals surface area contributed by atoms with E-state index in [-0.39, 0.29) is 21.8 Å². The lowest BCUT2D eigenvalue weighted by Crippen LogP contribution is -2.13. The molecule has 0 saturated carbocycles. The smallest absolute Gasteiger partial charge is 0.329 e. The summed E-state index contributed by atoms with van der Waals surface area (Å²) in [5.74, 6) is -0.404. The third-order valence-corrected chi connectivity index (χ3v) is 5.41. The molecule has 1 heterocycles. The quantitative estimate of drug-likeness (QED) is 0.640. The van der Waals surface area contributed by atoms with E-state index in [1.54, 1.807) is 0 Å². The van der Waals surface area contributed by atoms with E-state index in [9.17, 15) is 12.8 Å². The Morgan fingerprint density at radius 1 is 1.20 bits per heavy atom. The van der Waals surface area contributed by atoms with Crippen LogP contribution in [0.4, 0.5) is 10.4 Å². The molecule has 0 aliphatic heterocycles. The van der Waals surface area contributed by atoms with Crippen LogP contribution in [0, 0.1) is 5.82 Å². The van der Waals surface area contributed by atoms with Crippen molar-refractivity contribution in [1.82, 2.24) is 10.2 Å². The van der Waals surface area contributed by atoms with Gasteiger partial charge in [-0.2, -0.15) is 0 Å². The second-order valence-corrected chi connectivity index (χ2v) is 7.96. The van der Waals surface area contributed by atoms with E-state index in [1.165, 1.54) is 0 Å². The molecular weight excluding hydrogens is 437 g/mol. The molecule has 0 aliphatic carbocycles. The molecule has 25 heavy (non-hydrogen) atoms. The summed E-state index contributed by atoms with van der Waals surface area (Å²) >= 11 is 9.14. The fourth-order valence-corrected chi connectivity index (χ4v) is 3.95. The van der Waals surface area contributed by atoms with Crippen LogP contribution in [0.1, 0.15) is 11.5 Å². The number of hydrogen-bond donors (Lipinski definition) is 1. The molecule has 0 amide bonds. The maximum atomic E-state index is 13.1. The highest BCUT2D eigenvalue weighted by Crippen LogP contribution is 2.24. The van der Waals surface area contributed by atoms with Crippen molar-refractivity contribution in [1.29, 1.82) is 0 Å². The summed E-state index contributed by atoms with van der Waals surface area (Å²) in [6.07, 6.45) is 0.339. The highest BCUT2D eigenvalue weighted by Gasteiger charge is 2.21. The average Bonchev–Trinajstić information content (AvgIpc) is 2.93. The molecule has 1 aromatic heterocycles. The molecule has 0 spiro atoms. The average molecular weight is 447 g/mol. The second kappa shape index (κ2) is 7.11. The van der Waals surface area contributed by atoms with E-state index in [0.717, 1.165) is 28.2 Å². The van der Waals surface area contributed by atoms with Gasteiger partial charge in [-0.15, -0.1) is 5.10 Å². The molecule has 3 aromatic rings. The van der Waals surface area contributed by atoms with E-state index in [0.29, 0.717) is 6.42 Å². The molecule has 1 N–H and O–H groups in total. The summed E-state index contributed by atoms with van der Waals surface area (Å²) in [5.41, 5.74) is 0.911. The molecule has 0 atom stereocenters. The van der Waals surface area contributed by atoms with Crippen LogP contribution in [0.5, 0.6) is 0 Å². The van der Waals surface area contributed by atoms with E-state index >= 15 is 0 Å². The minimum absolute atomic E-state index is 0.237. The standard InChI is InChI=1S/C15H10BrClFN3O3S/c16-10-3-1-2-9(6-10)7-14-19-20-15(24-14)21-25(22,23)13-5-4-11(18)8-12(13)17/h1-6,8H,7H2,(H,20,21). The Hall–Kier alpha value is -1.97. The van der Waals surface area contributed by atoms with Crippen molar-refractivity contribution in [3.8, 4) is 0 Å². The van der Waals surface area contributed by atoms with Crippen LogP contribution in [-0.2, 0) is 16.4 Å². The largest absolute Gasteiger partial charge is 0.407 e.